The highest BCUT2D eigenvalue weighted by molar-refractivity contribution is 5.88. The third-order valence-electron chi connectivity index (χ3n) is 6.49. The summed E-state index contributed by atoms with van der Waals surface area (Å²) in [6, 6.07) is 23.2. The molecule has 1 N–H and O–H groups in total. The van der Waals surface area contributed by atoms with Gasteiger partial charge in [-0.25, -0.2) is 0 Å². The smallest absolute Gasteiger partial charge is 0.243 e. The number of amides is 2. The summed E-state index contributed by atoms with van der Waals surface area (Å²) in [7, 11) is 0. The van der Waals surface area contributed by atoms with Gasteiger partial charge in [0.2, 0.25) is 11.8 Å². The molecule has 1 aliphatic rings. The Morgan fingerprint density at radius 3 is 2.41 bits per heavy atom. The Labute approximate surface area is 219 Å². The maximum atomic E-state index is 13.8. The molecule has 0 spiro atoms. The largest absolute Gasteiger partial charge is 0.486 e. The number of benzene rings is 3. The van der Waals surface area contributed by atoms with Crippen LogP contribution in [0.5, 0.6) is 11.5 Å². The highest BCUT2D eigenvalue weighted by Gasteiger charge is 2.30. The third kappa shape index (κ3) is 7.35. The highest BCUT2D eigenvalue weighted by Crippen LogP contribution is 2.31. The Balaban J connectivity index is 1.58. The number of hydrogen-bond acceptors (Lipinski definition) is 4. The fourth-order valence-corrected chi connectivity index (χ4v) is 4.57. The number of rotatable bonds is 11. The molecule has 0 radical (unpaired) electrons. The summed E-state index contributed by atoms with van der Waals surface area (Å²) in [5, 5.41) is 3.03. The molecule has 1 aliphatic heterocycles. The van der Waals surface area contributed by atoms with E-state index in [2.05, 4.69) is 11.4 Å². The molecule has 37 heavy (non-hydrogen) atoms. The van der Waals surface area contributed by atoms with Gasteiger partial charge in [-0.15, -0.1) is 0 Å². The Bertz CT molecular complexity index is 1190. The summed E-state index contributed by atoms with van der Waals surface area (Å²) >= 11 is 0. The molecule has 194 valence electrons. The number of carbonyl (C=O) groups is 2. The zero-order chi connectivity index (χ0) is 26.0. The number of fused-ring (bicyclic) bond motifs is 1. The molecule has 0 fully saturated rings. The maximum absolute atomic E-state index is 13.8. The summed E-state index contributed by atoms with van der Waals surface area (Å²) in [5.74, 6) is 1.28. The number of nitrogens with one attached hydrogen (secondary N) is 1. The minimum atomic E-state index is -0.609. The molecule has 0 saturated heterocycles. The van der Waals surface area contributed by atoms with Crippen LogP contribution in [-0.2, 0) is 29.0 Å². The maximum Gasteiger partial charge on any atom is 0.243 e. The van der Waals surface area contributed by atoms with Crippen LogP contribution in [-0.4, -0.2) is 42.5 Å². The number of aryl methyl sites for hydroxylation is 2. The highest BCUT2D eigenvalue weighted by atomic mass is 16.6. The van der Waals surface area contributed by atoms with Crippen LogP contribution in [0, 0.1) is 6.92 Å². The van der Waals surface area contributed by atoms with Gasteiger partial charge >= 0.3 is 0 Å². The third-order valence-corrected chi connectivity index (χ3v) is 6.49. The van der Waals surface area contributed by atoms with E-state index < -0.39 is 6.04 Å². The van der Waals surface area contributed by atoms with Crippen molar-refractivity contribution in [3.05, 3.63) is 95.1 Å². The second-order valence-corrected chi connectivity index (χ2v) is 9.49. The van der Waals surface area contributed by atoms with Crippen LogP contribution in [0.3, 0.4) is 0 Å². The van der Waals surface area contributed by atoms with Crippen molar-refractivity contribution >= 4 is 11.8 Å². The summed E-state index contributed by atoms with van der Waals surface area (Å²) in [6.45, 7) is 6.07. The molecule has 6 nitrogen and oxygen atoms in total. The van der Waals surface area contributed by atoms with Crippen molar-refractivity contribution in [3.8, 4) is 11.5 Å². The predicted molar refractivity (Wildman–Crippen MR) is 145 cm³/mol. The molecule has 0 unspecified atom stereocenters. The van der Waals surface area contributed by atoms with Crippen molar-refractivity contribution in [1.82, 2.24) is 10.2 Å². The fraction of sp³-hybridized carbons (Fsp3) is 0.355. The molecule has 3 aromatic rings. The molecular formula is C31H36N2O4. The van der Waals surface area contributed by atoms with E-state index in [4.69, 9.17) is 9.47 Å². The molecule has 1 atom stereocenters. The van der Waals surface area contributed by atoms with Crippen LogP contribution in [0.15, 0.2) is 72.8 Å². The van der Waals surface area contributed by atoms with Crippen molar-refractivity contribution in [1.29, 1.82) is 0 Å². The zero-order valence-electron chi connectivity index (χ0n) is 21.7. The lowest BCUT2D eigenvalue weighted by Crippen LogP contribution is -2.50. The number of hydrogen-bond donors (Lipinski definition) is 1. The lowest BCUT2D eigenvalue weighted by Gasteiger charge is -2.32. The van der Waals surface area contributed by atoms with Crippen molar-refractivity contribution < 1.29 is 19.1 Å². The van der Waals surface area contributed by atoms with E-state index in [1.807, 2.05) is 80.6 Å². The molecule has 0 aromatic heterocycles. The summed E-state index contributed by atoms with van der Waals surface area (Å²) in [6.07, 6.45) is 2.13. The van der Waals surface area contributed by atoms with Crippen LogP contribution in [0.4, 0.5) is 0 Å². The van der Waals surface area contributed by atoms with Crippen LogP contribution in [0.1, 0.15) is 42.0 Å². The van der Waals surface area contributed by atoms with E-state index in [0.717, 1.165) is 34.4 Å². The van der Waals surface area contributed by atoms with Gasteiger partial charge < -0.3 is 19.7 Å². The molecule has 6 heteroatoms. The monoisotopic (exact) mass is 500 g/mol. The lowest BCUT2D eigenvalue weighted by molar-refractivity contribution is -0.141. The van der Waals surface area contributed by atoms with Gasteiger partial charge in [0.1, 0.15) is 19.3 Å². The fourth-order valence-electron chi connectivity index (χ4n) is 4.57. The summed E-state index contributed by atoms with van der Waals surface area (Å²) in [4.78, 5) is 29.0. The second-order valence-electron chi connectivity index (χ2n) is 9.49. The molecule has 0 bridgehead atoms. The molecule has 0 saturated carbocycles. The van der Waals surface area contributed by atoms with Gasteiger partial charge in [-0.3, -0.25) is 9.59 Å². The standard InChI is InChI=1S/C31H36N2O4/c1-3-16-32-31(35)27(20-24-9-5-4-6-10-24)33(22-26-11-7-8-23(2)19-26)30(34)15-13-25-12-14-28-29(21-25)37-18-17-36-28/h4-12,14,19,21,27H,3,13,15-18,20,22H2,1-2H3,(H,32,35)/t27-/m1/s1. The zero-order valence-corrected chi connectivity index (χ0v) is 21.7. The second kappa shape index (κ2) is 12.9. The Morgan fingerprint density at radius 1 is 0.892 bits per heavy atom. The molecule has 0 aliphatic carbocycles. The van der Waals surface area contributed by atoms with Crippen molar-refractivity contribution in [3.63, 3.8) is 0 Å². The lowest BCUT2D eigenvalue weighted by atomic mass is 10.0. The summed E-state index contributed by atoms with van der Waals surface area (Å²) < 4.78 is 11.3. The average molecular weight is 501 g/mol. The van der Waals surface area contributed by atoms with Gasteiger partial charge in [-0.2, -0.15) is 0 Å². The number of nitrogens with zero attached hydrogens (tertiary/aromatic N) is 1. The first-order chi connectivity index (χ1) is 18.0. The van der Waals surface area contributed by atoms with Crippen molar-refractivity contribution in [2.75, 3.05) is 19.8 Å². The molecule has 1 heterocycles. The van der Waals surface area contributed by atoms with E-state index in [9.17, 15) is 9.59 Å². The molecule has 3 aromatic carbocycles. The van der Waals surface area contributed by atoms with E-state index >= 15 is 0 Å². The van der Waals surface area contributed by atoms with E-state index in [0.29, 0.717) is 44.9 Å². The minimum absolute atomic E-state index is 0.0519. The first-order valence-corrected chi connectivity index (χ1v) is 13.1. The van der Waals surface area contributed by atoms with Crippen molar-refractivity contribution in [2.45, 2.75) is 52.1 Å². The quantitative estimate of drug-likeness (QED) is 0.408. The Kier molecular flexibility index (Phi) is 9.19. The van der Waals surface area contributed by atoms with Crippen LogP contribution >= 0.6 is 0 Å². The normalized spacial score (nSPS) is 13.0. The topological polar surface area (TPSA) is 67.9 Å². The Hall–Kier alpha value is -3.80. The van der Waals surface area contributed by atoms with E-state index in [1.165, 1.54) is 0 Å². The van der Waals surface area contributed by atoms with Gasteiger partial charge in [-0.05, 0) is 48.6 Å². The molecular weight excluding hydrogens is 464 g/mol. The van der Waals surface area contributed by atoms with Gasteiger partial charge in [0, 0.05) is 25.9 Å². The van der Waals surface area contributed by atoms with Crippen LogP contribution in [0.25, 0.3) is 0 Å². The van der Waals surface area contributed by atoms with Gasteiger partial charge in [-0.1, -0.05) is 73.2 Å². The molecule has 2 amide bonds. The SMILES string of the molecule is CCCNC(=O)[C@@H](Cc1ccccc1)N(Cc1cccc(C)c1)C(=O)CCc1ccc2c(c1)OCCO2. The predicted octanol–water partition coefficient (Wildman–Crippen LogP) is 4.87. The summed E-state index contributed by atoms with van der Waals surface area (Å²) in [5.41, 5.74) is 4.15. The van der Waals surface area contributed by atoms with Crippen molar-refractivity contribution in [2.24, 2.45) is 0 Å². The van der Waals surface area contributed by atoms with Crippen LogP contribution in [0.2, 0.25) is 0 Å². The number of ether oxygens (including phenoxy) is 2. The first-order valence-electron chi connectivity index (χ1n) is 13.1. The first kappa shape index (κ1) is 26.3. The van der Waals surface area contributed by atoms with Gasteiger partial charge in [0.15, 0.2) is 11.5 Å². The molecule has 4 rings (SSSR count). The van der Waals surface area contributed by atoms with Crippen LogP contribution < -0.4 is 14.8 Å². The van der Waals surface area contributed by atoms with Gasteiger partial charge in [0.05, 0.1) is 0 Å². The van der Waals surface area contributed by atoms with E-state index in [1.54, 1.807) is 4.90 Å². The number of carbonyl (C=O) groups excluding carboxylic acids is 2. The minimum Gasteiger partial charge on any atom is -0.486 e. The van der Waals surface area contributed by atoms with Gasteiger partial charge in [0.25, 0.3) is 0 Å². The average Bonchev–Trinajstić information content (AvgIpc) is 2.92. The Morgan fingerprint density at radius 2 is 1.65 bits per heavy atom. The van der Waals surface area contributed by atoms with E-state index in [-0.39, 0.29) is 18.2 Å².